The standard InChI is InChI=1S/C21H18Cl2FN3O2/c1-25-8-10-26(11-9-25)19-18(13-2-4-14(24)5-3-13)20(28)27(21(19)29)15-6-7-16(22)17(23)12-15/h2-7,12H,8-11H2,1H3. The van der Waals surface area contributed by atoms with Crippen LogP contribution < -0.4 is 4.90 Å². The molecule has 0 aliphatic carbocycles. The largest absolute Gasteiger partial charge is 0.364 e. The Morgan fingerprint density at radius 2 is 1.52 bits per heavy atom. The number of halogens is 3. The summed E-state index contributed by atoms with van der Waals surface area (Å²) in [5.74, 6) is -1.29. The molecule has 150 valence electrons. The molecular formula is C21H18Cl2FN3O2. The van der Waals surface area contributed by atoms with Crippen molar-refractivity contribution in [2.45, 2.75) is 0 Å². The predicted octanol–water partition coefficient (Wildman–Crippen LogP) is 3.66. The Kier molecular flexibility index (Phi) is 5.34. The summed E-state index contributed by atoms with van der Waals surface area (Å²) in [6.07, 6.45) is 0. The Hall–Kier alpha value is -2.41. The highest BCUT2D eigenvalue weighted by atomic mass is 35.5. The first kappa shape index (κ1) is 19.9. The first-order valence-corrected chi connectivity index (χ1v) is 9.90. The average molecular weight is 434 g/mol. The summed E-state index contributed by atoms with van der Waals surface area (Å²) in [5.41, 5.74) is 1.45. The number of imide groups is 1. The van der Waals surface area contributed by atoms with Gasteiger partial charge < -0.3 is 9.80 Å². The Labute approximate surface area is 177 Å². The number of piperazine rings is 1. The molecule has 2 aromatic rings. The number of hydrogen-bond donors (Lipinski definition) is 0. The van der Waals surface area contributed by atoms with E-state index in [2.05, 4.69) is 4.90 Å². The molecule has 2 aromatic carbocycles. The summed E-state index contributed by atoms with van der Waals surface area (Å²) in [5, 5.41) is 0.585. The van der Waals surface area contributed by atoms with Gasteiger partial charge in [-0.2, -0.15) is 0 Å². The number of anilines is 1. The van der Waals surface area contributed by atoms with E-state index in [1.807, 2.05) is 11.9 Å². The van der Waals surface area contributed by atoms with Gasteiger partial charge in [-0.1, -0.05) is 35.3 Å². The molecule has 2 aliphatic rings. The number of carbonyl (C=O) groups excluding carboxylic acids is 2. The molecule has 0 N–H and O–H groups in total. The first-order chi connectivity index (χ1) is 13.9. The molecule has 2 aliphatic heterocycles. The lowest BCUT2D eigenvalue weighted by atomic mass is 10.0. The maximum atomic E-state index is 13.4. The van der Waals surface area contributed by atoms with E-state index in [-0.39, 0.29) is 10.6 Å². The number of amides is 2. The minimum absolute atomic E-state index is 0.251. The fraction of sp³-hybridized carbons (Fsp3) is 0.238. The van der Waals surface area contributed by atoms with Crippen molar-refractivity contribution in [2.75, 3.05) is 38.1 Å². The SMILES string of the molecule is CN1CCN(C2=C(c3ccc(F)cc3)C(=O)N(c3ccc(Cl)c(Cl)c3)C2=O)CC1. The van der Waals surface area contributed by atoms with Gasteiger partial charge in [0.2, 0.25) is 0 Å². The second-order valence-corrected chi connectivity index (χ2v) is 7.88. The molecule has 29 heavy (non-hydrogen) atoms. The number of rotatable bonds is 3. The van der Waals surface area contributed by atoms with Gasteiger partial charge in [0.05, 0.1) is 21.3 Å². The molecule has 0 bridgehead atoms. The molecule has 1 fully saturated rings. The van der Waals surface area contributed by atoms with Crippen LogP contribution in [0, 0.1) is 5.82 Å². The number of nitrogens with zero attached hydrogens (tertiary/aromatic N) is 3. The summed E-state index contributed by atoms with van der Waals surface area (Å²) in [4.78, 5) is 31.9. The van der Waals surface area contributed by atoms with E-state index in [1.165, 1.54) is 30.3 Å². The van der Waals surface area contributed by atoms with Crippen molar-refractivity contribution < 1.29 is 14.0 Å². The van der Waals surface area contributed by atoms with Crippen molar-refractivity contribution in [3.05, 3.63) is 69.6 Å². The van der Waals surface area contributed by atoms with E-state index in [0.29, 0.717) is 35.1 Å². The Morgan fingerprint density at radius 1 is 0.862 bits per heavy atom. The van der Waals surface area contributed by atoms with Crippen molar-refractivity contribution in [3.63, 3.8) is 0 Å². The molecule has 5 nitrogen and oxygen atoms in total. The monoisotopic (exact) mass is 433 g/mol. The maximum absolute atomic E-state index is 13.4. The Bertz CT molecular complexity index is 1020. The van der Waals surface area contributed by atoms with Gasteiger partial charge in [0.15, 0.2) is 0 Å². The van der Waals surface area contributed by atoms with Crippen LogP contribution in [0.5, 0.6) is 0 Å². The van der Waals surface area contributed by atoms with Gasteiger partial charge >= 0.3 is 0 Å². The van der Waals surface area contributed by atoms with E-state index in [1.54, 1.807) is 12.1 Å². The number of likely N-dealkylation sites (N-methyl/N-ethyl adjacent to an activating group) is 1. The topological polar surface area (TPSA) is 43.9 Å². The van der Waals surface area contributed by atoms with Crippen LogP contribution in [0.25, 0.3) is 5.57 Å². The summed E-state index contributed by atoms with van der Waals surface area (Å²) in [6.45, 7) is 2.78. The van der Waals surface area contributed by atoms with Crippen molar-refractivity contribution in [3.8, 4) is 0 Å². The van der Waals surface area contributed by atoms with Crippen LogP contribution in [0.15, 0.2) is 48.2 Å². The lowest BCUT2D eigenvalue weighted by molar-refractivity contribution is -0.120. The lowest BCUT2D eigenvalue weighted by Gasteiger charge is -2.34. The van der Waals surface area contributed by atoms with Gasteiger partial charge in [-0.3, -0.25) is 9.59 Å². The van der Waals surface area contributed by atoms with Gasteiger partial charge in [-0.15, -0.1) is 0 Å². The molecule has 1 saturated heterocycles. The molecule has 0 aromatic heterocycles. The minimum Gasteiger partial charge on any atom is -0.364 e. The molecule has 0 unspecified atom stereocenters. The van der Waals surface area contributed by atoms with E-state index in [0.717, 1.165) is 18.0 Å². The fourth-order valence-corrected chi connectivity index (χ4v) is 3.87. The average Bonchev–Trinajstić information content (AvgIpc) is 2.96. The highest BCUT2D eigenvalue weighted by Gasteiger charge is 2.43. The second-order valence-electron chi connectivity index (χ2n) is 7.06. The van der Waals surface area contributed by atoms with Crippen LogP contribution in [0.2, 0.25) is 10.0 Å². The Morgan fingerprint density at radius 3 is 2.14 bits per heavy atom. The van der Waals surface area contributed by atoms with Crippen LogP contribution >= 0.6 is 23.2 Å². The molecule has 2 amide bonds. The zero-order valence-corrected chi connectivity index (χ0v) is 17.2. The summed E-state index contributed by atoms with van der Waals surface area (Å²) >= 11 is 12.1. The van der Waals surface area contributed by atoms with E-state index in [4.69, 9.17) is 23.2 Å². The van der Waals surface area contributed by atoms with Gasteiger partial charge in [-0.05, 0) is 42.9 Å². The quantitative estimate of drug-likeness (QED) is 0.692. The van der Waals surface area contributed by atoms with E-state index < -0.39 is 17.6 Å². The molecule has 0 atom stereocenters. The lowest BCUT2D eigenvalue weighted by Crippen LogP contribution is -2.46. The molecule has 0 spiro atoms. The second kappa shape index (κ2) is 7.78. The highest BCUT2D eigenvalue weighted by molar-refractivity contribution is 6.46. The van der Waals surface area contributed by atoms with Crippen molar-refractivity contribution in [2.24, 2.45) is 0 Å². The van der Waals surface area contributed by atoms with Crippen LogP contribution in [0.1, 0.15) is 5.56 Å². The number of benzene rings is 2. The zero-order chi connectivity index (χ0) is 20.7. The third-order valence-corrected chi connectivity index (χ3v) is 5.91. The molecule has 8 heteroatoms. The molecule has 0 radical (unpaired) electrons. The normalized spacial score (nSPS) is 18.2. The molecular weight excluding hydrogens is 416 g/mol. The van der Waals surface area contributed by atoms with Gasteiger partial charge in [0, 0.05) is 26.2 Å². The minimum atomic E-state index is -0.464. The summed E-state index contributed by atoms with van der Waals surface area (Å²) in [7, 11) is 2.01. The third kappa shape index (κ3) is 3.64. The Balaban J connectivity index is 1.81. The van der Waals surface area contributed by atoms with Crippen molar-refractivity contribution in [1.82, 2.24) is 9.80 Å². The van der Waals surface area contributed by atoms with Crippen LogP contribution in [-0.4, -0.2) is 54.8 Å². The van der Waals surface area contributed by atoms with Gasteiger partial charge in [0.1, 0.15) is 11.5 Å². The number of carbonyl (C=O) groups is 2. The van der Waals surface area contributed by atoms with Gasteiger partial charge in [0.25, 0.3) is 11.8 Å². The summed E-state index contributed by atoms with van der Waals surface area (Å²) < 4.78 is 13.4. The van der Waals surface area contributed by atoms with Gasteiger partial charge in [-0.25, -0.2) is 9.29 Å². The van der Waals surface area contributed by atoms with Crippen LogP contribution in [0.3, 0.4) is 0 Å². The number of hydrogen-bond acceptors (Lipinski definition) is 4. The van der Waals surface area contributed by atoms with Crippen molar-refractivity contribution >= 4 is 46.3 Å². The molecule has 4 rings (SSSR count). The van der Waals surface area contributed by atoms with Crippen LogP contribution in [0.4, 0.5) is 10.1 Å². The first-order valence-electron chi connectivity index (χ1n) is 9.14. The van der Waals surface area contributed by atoms with E-state index >= 15 is 0 Å². The summed E-state index contributed by atoms with van der Waals surface area (Å²) in [6, 6.07) is 10.2. The fourth-order valence-electron chi connectivity index (χ4n) is 3.58. The predicted molar refractivity (Wildman–Crippen MR) is 111 cm³/mol. The van der Waals surface area contributed by atoms with E-state index in [9.17, 15) is 14.0 Å². The molecule has 0 saturated carbocycles. The highest BCUT2D eigenvalue weighted by Crippen LogP contribution is 2.37. The third-order valence-electron chi connectivity index (χ3n) is 5.17. The molecule has 2 heterocycles. The smallest absolute Gasteiger partial charge is 0.282 e. The zero-order valence-electron chi connectivity index (χ0n) is 15.7. The maximum Gasteiger partial charge on any atom is 0.282 e. The van der Waals surface area contributed by atoms with Crippen molar-refractivity contribution in [1.29, 1.82) is 0 Å². The van der Waals surface area contributed by atoms with Crippen LogP contribution in [-0.2, 0) is 9.59 Å².